The molecule has 1 aliphatic heterocycles. The van der Waals surface area contributed by atoms with Crippen LogP contribution in [0.15, 0.2) is 72.8 Å². The van der Waals surface area contributed by atoms with E-state index >= 15 is 0 Å². The van der Waals surface area contributed by atoms with Gasteiger partial charge in [-0.3, -0.25) is 0 Å². The number of allylic oxidation sites excluding steroid dienone is 4. The molecular formula is C20H25BO2. The third kappa shape index (κ3) is 3.74. The SMILES string of the molecule is C=C(/C=C/c1ccccc1)C(=C)C(=C)B1OC(C)(C)C(C)(C)O1. The highest BCUT2D eigenvalue weighted by molar-refractivity contribution is 6.56. The minimum absolute atomic E-state index is 0.387. The lowest BCUT2D eigenvalue weighted by molar-refractivity contribution is 0.00578. The Morgan fingerprint density at radius 2 is 1.48 bits per heavy atom. The predicted octanol–water partition coefficient (Wildman–Crippen LogP) is 5.00. The zero-order valence-electron chi connectivity index (χ0n) is 14.6. The van der Waals surface area contributed by atoms with Crippen molar-refractivity contribution in [3.63, 3.8) is 0 Å². The van der Waals surface area contributed by atoms with Crippen molar-refractivity contribution in [1.82, 2.24) is 0 Å². The van der Waals surface area contributed by atoms with Gasteiger partial charge in [-0.05, 0) is 49.9 Å². The molecule has 0 bridgehead atoms. The fourth-order valence-electron chi connectivity index (χ4n) is 2.20. The van der Waals surface area contributed by atoms with Crippen LogP contribution in [0, 0.1) is 0 Å². The minimum atomic E-state index is -0.491. The summed E-state index contributed by atoms with van der Waals surface area (Å²) in [7, 11) is -0.491. The Kier molecular flexibility index (Phi) is 4.83. The van der Waals surface area contributed by atoms with Gasteiger partial charge in [-0.15, -0.1) is 0 Å². The first kappa shape index (κ1) is 17.5. The molecule has 2 rings (SSSR count). The summed E-state index contributed by atoms with van der Waals surface area (Å²) in [5.74, 6) is 0. The van der Waals surface area contributed by atoms with Gasteiger partial charge in [-0.2, -0.15) is 0 Å². The number of benzene rings is 1. The molecule has 0 radical (unpaired) electrons. The van der Waals surface area contributed by atoms with Crippen LogP contribution in [0.4, 0.5) is 0 Å². The van der Waals surface area contributed by atoms with Gasteiger partial charge >= 0.3 is 7.12 Å². The second kappa shape index (κ2) is 6.35. The Morgan fingerprint density at radius 3 is 2.00 bits per heavy atom. The maximum Gasteiger partial charge on any atom is 0.494 e. The van der Waals surface area contributed by atoms with Crippen molar-refractivity contribution in [2.45, 2.75) is 38.9 Å². The highest BCUT2D eigenvalue weighted by Gasteiger charge is 2.52. The van der Waals surface area contributed by atoms with Crippen LogP contribution in [0.3, 0.4) is 0 Å². The highest BCUT2D eigenvalue weighted by Crippen LogP contribution is 2.39. The Morgan fingerprint density at radius 1 is 0.957 bits per heavy atom. The van der Waals surface area contributed by atoms with E-state index in [9.17, 15) is 0 Å². The standard InChI is InChI=1S/C20H25BO2/c1-15(13-14-18-11-9-8-10-12-18)16(2)17(3)21-22-19(4,5)20(6,7)23-21/h8-14H,1-3H2,4-7H3/b14-13+. The van der Waals surface area contributed by atoms with E-state index in [2.05, 4.69) is 19.7 Å². The molecule has 1 saturated heterocycles. The molecule has 1 aromatic rings. The van der Waals surface area contributed by atoms with Crippen LogP contribution in [0.25, 0.3) is 6.08 Å². The zero-order chi connectivity index (χ0) is 17.3. The van der Waals surface area contributed by atoms with Crippen molar-refractivity contribution in [3.8, 4) is 0 Å². The molecule has 0 aliphatic carbocycles. The second-order valence-corrected chi connectivity index (χ2v) is 6.86. The van der Waals surface area contributed by atoms with E-state index in [0.717, 1.165) is 16.7 Å². The average molecular weight is 308 g/mol. The summed E-state index contributed by atoms with van der Waals surface area (Å²) in [6, 6.07) is 10.1. The van der Waals surface area contributed by atoms with Gasteiger partial charge in [0.1, 0.15) is 0 Å². The molecule has 23 heavy (non-hydrogen) atoms. The Hall–Kier alpha value is -1.84. The smallest absolute Gasteiger partial charge is 0.399 e. The third-order valence-corrected chi connectivity index (χ3v) is 4.59. The van der Waals surface area contributed by atoms with Crippen molar-refractivity contribution in [2.24, 2.45) is 0 Å². The van der Waals surface area contributed by atoms with Crippen LogP contribution in [0.2, 0.25) is 0 Å². The molecule has 1 fully saturated rings. The van der Waals surface area contributed by atoms with Gasteiger partial charge in [-0.1, -0.05) is 62.2 Å². The predicted molar refractivity (Wildman–Crippen MR) is 99.0 cm³/mol. The lowest BCUT2D eigenvalue weighted by atomic mass is 9.73. The molecule has 3 heteroatoms. The Labute approximate surface area is 140 Å². The monoisotopic (exact) mass is 308 g/mol. The van der Waals surface area contributed by atoms with E-state index in [0.29, 0.717) is 5.47 Å². The number of rotatable bonds is 5. The summed E-state index contributed by atoms with van der Waals surface area (Å²) in [4.78, 5) is 0. The third-order valence-electron chi connectivity index (χ3n) is 4.59. The number of hydrogen-bond donors (Lipinski definition) is 0. The molecule has 1 aromatic carbocycles. The fourth-order valence-corrected chi connectivity index (χ4v) is 2.20. The van der Waals surface area contributed by atoms with Gasteiger partial charge < -0.3 is 9.31 Å². The van der Waals surface area contributed by atoms with E-state index in [1.54, 1.807) is 0 Å². The molecule has 120 valence electrons. The maximum absolute atomic E-state index is 6.01. The normalized spacial score (nSPS) is 19.0. The van der Waals surface area contributed by atoms with Crippen molar-refractivity contribution < 1.29 is 9.31 Å². The van der Waals surface area contributed by atoms with Crippen molar-refractivity contribution >= 4 is 13.2 Å². The molecule has 0 amide bonds. The van der Waals surface area contributed by atoms with Gasteiger partial charge in [0, 0.05) is 0 Å². The Balaban J connectivity index is 2.05. The van der Waals surface area contributed by atoms with Gasteiger partial charge in [0.15, 0.2) is 0 Å². The van der Waals surface area contributed by atoms with Crippen LogP contribution in [0.5, 0.6) is 0 Å². The summed E-state index contributed by atoms with van der Waals surface area (Å²) < 4.78 is 12.0. The fraction of sp³-hybridized carbons (Fsp3) is 0.300. The first-order chi connectivity index (χ1) is 10.6. The van der Waals surface area contributed by atoms with Crippen LogP contribution < -0.4 is 0 Å². The van der Waals surface area contributed by atoms with Crippen LogP contribution in [0.1, 0.15) is 33.3 Å². The lowest BCUT2D eigenvalue weighted by Gasteiger charge is -2.32. The van der Waals surface area contributed by atoms with E-state index in [4.69, 9.17) is 9.31 Å². The summed E-state index contributed by atoms with van der Waals surface area (Å²) in [6.07, 6.45) is 3.94. The summed E-state index contributed by atoms with van der Waals surface area (Å²) >= 11 is 0. The molecule has 0 N–H and O–H groups in total. The van der Waals surface area contributed by atoms with Crippen molar-refractivity contribution in [2.75, 3.05) is 0 Å². The molecule has 0 saturated carbocycles. The van der Waals surface area contributed by atoms with Crippen LogP contribution in [-0.4, -0.2) is 18.3 Å². The maximum atomic E-state index is 6.01. The molecule has 2 nitrogen and oxygen atoms in total. The minimum Gasteiger partial charge on any atom is -0.399 e. The largest absolute Gasteiger partial charge is 0.494 e. The average Bonchev–Trinajstić information content (AvgIpc) is 2.72. The van der Waals surface area contributed by atoms with Gasteiger partial charge in [0.25, 0.3) is 0 Å². The summed E-state index contributed by atoms with van der Waals surface area (Å²) in [6.45, 7) is 20.4. The summed E-state index contributed by atoms with van der Waals surface area (Å²) in [5, 5.41) is 0. The second-order valence-electron chi connectivity index (χ2n) is 6.86. The molecular weight excluding hydrogens is 283 g/mol. The van der Waals surface area contributed by atoms with E-state index in [-0.39, 0.29) is 11.2 Å². The highest BCUT2D eigenvalue weighted by atomic mass is 16.7. The van der Waals surface area contributed by atoms with E-state index < -0.39 is 7.12 Å². The lowest BCUT2D eigenvalue weighted by Crippen LogP contribution is -2.41. The van der Waals surface area contributed by atoms with E-state index in [1.807, 2.05) is 70.2 Å². The topological polar surface area (TPSA) is 18.5 Å². The van der Waals surface area contributed by atoms with Crippen molar-refractivity contribution in [3.05, 3.63) is 78.3 Å². The zero-order valence-corrected chi connectivity index (χ0v) is 14.6. The van der Waals surface area contributed by atoms with Gasteiger partial charge in [-0.25, -0.2) is 0 Å². The number of hydrogen-bond acceptors (Lipinski definition) is 2. The van der Waals surface area contributed by atoms with Gasteiger partial charge in [0.2, 0.25) is 0 Å². The van der Waals surface area contributed by atoms with Gasteiger partial charge in [0.05, 0.1) is 11.2 Å². The molecule has 0 spiro atoms. The van der Waals surface area contributed by atoms with Crippen LogP contribution >= 0.6 is 0 Å². The summed E-state index contributed by atoms with van der Waals surface area (Å²) in [5.41, 5.74) is 2.60. The molecule has 1 aliphatic rings. The Bertz CT molecular complexity index is 637. The molecule has 0 atom stereocenters. The molecule has 0 unspecified atom stereocenters. The molecule has 1 heterocycles. The quantitative estimate of drug-likeness (QED) is 0.563. The van der Waals surface area contributed by atoms with E-state index in [1.165, 1.54) is 0 Å². The van der Waals surface area contributed by atoms with Crippen LogP contribution in [-0.2, 0) is 9.31 Å². The first-order valence-electron chi connectivity index (χ1n) is 7.80. The van der Waals surface area contributed by atoms with Crippen molar-refractivity contribution in [1.29, 1.82) is 0 Å². The first-order valence-corrected chi connectivity index (χ1v) is 7.80. The molecule has 0 aromatic heterocycles.